The van der Waals surface area contributed by atoms with E-state index in [0.29, 0.717) is 6.42 Å². The number of halogens is 2. The van der Waals surface area contributed by atoms with Gasteiger partial charge < -0.3 is 10.8 Å². The summed E-state index contributed by atoms with van der Waals surface area (Å²) in [5.74, 6) is -1.39. The van der Waals surface area contributed by atoms with Crippen LogP contribution in [0.3, 0.4) is 0 Å². The van der Waals surface area contributed by atoms with E-state index in [-0.39, 0.29) is 12.1 Å². The quantitative estimate of drug-likeness (QED) is 0.912. The van der Waals surface area contributed by atoms with Crippen molar-refractivity contribution in [3.63, 3.8) is 0 Å². The molecule has 0 amide bonds. The van der Waals surface area contributed by atoms with Gasteiger partial charge >= 0.3 is 0 Å². The normalized spacial score (nSPS) is 22.1. The van der Waals surface area contributed by atoms with Gasteiger partial charge in [-0.2, -0.15) is 0 Å². The Kier molecular flexibility index (Phi) is 3.51. The highest BCUT2D eigenvalue weighted by Crippen LogP contribution is 2.47. The number of hydrogen-bond acceptors (Lipinski definition) is 2. The van der Waals surface area contributed by atoms with Crippen molar-refractivity contribution in [3.8, 4) is 0 Å². The third-order valence-corrected chi connectivity index (χ3v) is 4.54. The Bertz CT molecular complexity index is 674. The monoisotopic (exact) mass is 289 g/mol. The van der Waals surface area contributed by atoms with Gasteiger partial charge in [0, 0.05) is 23.6 Å². The van der Waals surface area contributed by atoms with Gasteiger partial charge in [0.15, 0.2) is 0 Å². The predicted octanol–water partition coefficient (Wildman–Crippen LogP) is 2.84. The predicted molar refractivity (Wildman–Crippen MR) is 76.8 cm³/mol. The van der Waals surface area contributed by atoms with Crippen LogP contribution in [0, 0.1) is 11.6 Å². The average Bonchev–Trinajstić information content (AvgIpc) is 2.87. The second-order valence-corrected chi connectivity index (χ2v) is 5.59. The first kappa shape index (κ1) is 14.2. The minimum Gasteiger partial charge on any atom is -0.387 e. The van der Waals surface area contributed by atoms with Crippen LogP contribution in [0.2, 0.25) is 0 Å². The fraction of sp³-hybridized carbons (Fsp3) is 0.294. The summed E-state index contributed by atoms with van der Waals surface area (Å²) in [5.41, 5.74) is 7.42. The second-order valence-electron chi connectivity index (χ2n) is 5.59. The molecular formula is C17H17F2NO. The molecule has 1 aliphatic rings. The SMILES string of the molecule is NCC1(C(O)c2ccc(F)cc2F)CCc2ccccc21. The van der Waals surface area contributed by atoms with E-state index >= 15 is 0 Å². The van der Waals surface area contributed by atoms with E-state index < -0.39 is 23.2 Å². The van der Waals surface area contributed by atoms with E-state index in [1.165, 1.54) is 6.07 Å². The van der Waals surface area contributed by atoms with Crippen LogP contribution in [0.5, 0.6) is 0 Å². The standard InChI is InChI=1S/C17H17F2NO/c18-12-5-6-13(15(19)9-12)16(21)17(10-20)8-7-11-3-1-2-4-14(11)17/h1-6,9,16,21H,7-8,10,20H2. The van der Waals surface area contributed by atoms with Crippen LogP contribution >= 0.6 is 0 Å². The fourth-order valence-corrected chi connectivity index (χ4v) is 3.35. The van der Waals surface area contributed by atoms with Crippen LogP contribution in [0.15, 0.2) is 42.5 Å². The molecule has 0 aromatic heterocycles. The number of hydrogen-bond donors (Lipinski definition) is 2. The largest absolute Gasteiger partial charge is 0.387 e. The lowest BCUT2D eigenvalue weighted by Crippen LogP contribution is -2.39. The highest BCUT2D eigenvalue weighted by atomic mass is 19.1. The Morgan fingerprint density at radius 3 is 2.67 bits per heavy atom. The molecule has 21 heavy (non-hydrogen) atoms. The molecule has 2 aromatic rings. The van der Waals surface area contributed by atoms with Gasteiger partial charge in [-0.05, 0) is 30.0 Å². The zero-order chi connectivity index (χ0) is 15.0. The van der Waals surface area contributed by atoms with Crippen molar-refractivity contribution in [2.24, 2.45) is 5.73 Å². The molecule has 0 saturated carbocycles. The summed E-state index contributed by atoms with van der Waals surface area (Å²) in [6.45, 7) is 0.210. The topological polar surface area (TPSA) is 46.2 Å². The number of nitrogens with two attached hydrogens (primary N) is 1. The molecule has 3 N–H and O–H groups in total. The van der Waals surface area contributed by atoms with E-state index in [1.54, 1.807) is 0 Å². The van der Waals surface area contributed by atoms with Crippen molar-refractivity contribution in [2.45, 2.75) is 24.4 Å². The van der Waals surface area contributed by atoms with Crippen LogP contribution in [0.4, 0.5) is 8.78 Å². The number of aliphatic hydroxyl groups is 1. The minimum atomic E-state index is -1.09. The van der Waals surface area contributed by atoms with E-state index in [9.17, 15) is 13.9 Å². The molecule has 0 heterocycles. The Morgan fingerprint density at radius 1 is 1.19 bits per heavy atom. The van der Waals surface area contributed by atoms with E-state index in [4.69, 9.17) is 5.73 Å². The number of rotatable bonds is 3. The molecule has 1 aliphatic carbocycles. The first-order valence-corrected chi connectivity index (χ1v) is 7.00. The Morgan fingerprint density at radius 2 is 1.95 bits per heavy atom. The molecule has 0 saturated heterocycles. The van der Waals surface area contributed by atoms with Crippen LogP contribution in [0.1, 0.15) is 29.2 Å². The average molecular weight is 289 g/mol. The van der Waals surface area contributed by atoms with Gasteiger partial charge in [0.25, 0.3) is 0 Å². The first-order valence-electron chi connectivity index (χ1n) is 7.00. The molecule has 0 aliphatic heterocycles. The van der Waals surface area contributed by atoms with Gasteiger partial charge in [-0.1, -0.05) is 30.3 Å². The van der Waals surface area contributed by atoms with Crippen molar-refractivity contribution < 1.29 is 13.9 Å². The van der Waals surface area contributed by atoms with Crippen LogP contribution in [0.25, 0.3) is 0 Å². The second kappa shape index (κ2) is 5.20. The van der Waals surface area contributed by atoms with Gasteiger partial charge in [0.1, 0.15) is 11.6 Å². The summed E-state index contributed by atoms with van der Waals surface area (Å²) < 4.78 is 27.1. The summed E-state index contributed by atoms with van der Waals surface area (Å²) in [6.07, 6.45) is 0.361. The number of benzene rings is 2. The molecule has 2 atom stereocenters. The molecule has 2 aromatic carbocycles. The lowest BCUT2D eigenvalue weighted by Gasteiger charge is -2.34. The van der Waals surface area contributed by atoms with Crippen LogP contribution in [-0.4, -0.2) is 11.7 Å². The molecule has 2 unspecified atom stereocenters. The molecule has 4 heteroatoms. The van der Waals surface area contributed by atoms with Gasteiger partial charge in [-0.3, -0.25) is 0 Å². The summed E-state index contributed by atoms with van der Waals surface area (Å²) in [6, 6.07) is 11.0. The fourth-order valence-electron chi connectivity index (χ4n) is 3.35. The zero-order valence-corrected chi connectivity index (χ0v) is 11.5. The number of fused-ring (bicyclic) bond motifs is 1. The van der Waals surface area contributed by atoms with Crippen molar-refractivity contribution in [1.29, 1.82) is 0 Å². The van der Waals surface area contributed by atoms with Gasteiger partial charge in [0.05, 0.1) is 6.10 Å². The third-order valence-electron chi connectivity index (χ3n) is 4.54. The van der Waals surface area contributed by atoms with E-state index in [1.807, 2.05) is 24.3 Å². The van der Waals surface area contributed by atoms with Gasteiger partial charge in [-0.15, -0.1) is 0 Å². The number of aryl methyl sites for hydroxylation is 1. The Balaban J connectivity index is 2.09. The summed E-state index contributed by atoms with van der Waals surface area (Å²) >= 11 is 0. The maximum Gasteiger partial charge on any atom is 0.131 e. The lowest BCUT2D eigenvalue weighted by atomic mass is 9.74. The molecule has 3 rings (SSSR count). The molecule has 110 valence electrons. The van der Waals surface area contributed by atoms with Crippen molar-refractivity contribution >= 4 is 0 Å². The molecule has 0 fully saturated rings. The summed E-state index contributed by atoms with van der Waals surface area (Å²) in [5, 5.41) is 10.7. The van der Waals surface area contributed by atoms with Gasteiger partial charge in [0.2, 0.25) is 0 Å². The summed E-state index contributed by atoms with van der Waals surface area (Å²) in [4.78, 5) is 0. The number of aliphatic hydroxyl groups excluding tert-OH is 1. The highest BCUT2D eigenvalue weighted by molar-refractivity contribution is 5.43. The van der Waals surface area contributed by atoms with Crippen molar-refractivity contribution in [2.75, 3.05) is 6.54 Å². The smallest absolute Gasteiger partial charge is 0.131 e. The molecule has 0 bridgehead atoms. The first-order chi connectivity index (χ1) is 10.1. The lowest BCUT2D eigenvalue weighted by molar-refractivity contribution is 0.0806. The Hall–Kier alpha value is -1.78. The molecule has 2 nitrogen and oxygen atoms in total. The molecular weight excluding hydrogens is 272 g/mol. The van der Waals surface area contributed by atoms with Crippen LogP contribution in [-0.2, 0) is 11.8 Å². The van der Waals surface area contributed by atoms with Gasteiger partial charge in [-0.25, -0.2) is 8.78 Å². The zero-order valence-electron chi connectivity index (χ0n) is 11.5. The van der Waals surface area contributed by atoms with Crippen molar-refractivity contribution in [1.82, 2.24) is 0 Å². The minimum absolute atomic E-state index is 0.0959. The molecule has 0 radical (unpaired) electrons. The maximum atomic E-state index is 14.0. The third kappa shape index (κ3) is 2.15. The highest BCUT2D eigenvalue weighted by Gasteiger charge is 2.44. The maximum absolute atomic E-state index is 14.0. The van der Waals surface area contributed by atoms with Crippen molar-refractivity contribution in [3.05, 3.63) is 70.8 Å². The summed E-state index contributed by atoms with van der Waals surface area (Å²) in [7, 11) is 0. The van der Waals surface area contributed by atoms with E-state index in [2.05, 4.69) is 0 Å². The molecule has 0 spiro atoms. The van der Waals surface area contributed by atoms with E-state index in [0.717, 1.165) is 29.7 Å². The van der Waals surface area contributed by atoms with Crippen LogP contribution < -0.4 is 5.73 Å². The Labute approximate surface area is 122 Å².